The Morgan fingerprint density at radius 1 is 1.41 bits per heavy atom. The third kappa shape index (κ3) is 2.82. The van der Waals surface area contributed by atoms with Crippen LogP contribution in [0.15, 0.2) is 36.5 Å². The number of methoxy groups -OCH3 is 1. The average molecular weight is 225 g/mol. The molecule has 2 aromatic rings. The van der Waals surface area contributed by atoms with E-state index < -0.39 is 0 Å². The first kappa shape index (κ1) is 11.2. The Morgan fingerprint density at radius 2 is 2.24 bits per heavy atom. The first-order chi connectivity index (χ1) is 8.29. The summed E-state index contributed by atoms with van der Waals surface area (Å²) < 4.78 is 4.50. The lowest BCUT2D eigenvalue weighted by Crippen LogP contribution is -1.97. The summed E-state index contributed by atoms with van der Waals surface area (Å²) in [6.07, 6.45) is 1.80. The fourth-order valence-electron chi connectivity index (χ4n) is 1.43. The van der Waals surface area contributed by atoms with Gasteiger partial charge in [-0.25, -0.2) is 0 Å². The number of pyridine rings is 1. The van der Waals surface area contributed by atoms with Crippen LogP contribution in [0.1, 0.15) is 12.0 Å². The monoisotopic (exact) mass is 225 g/mol. The lowest BCUT2D eigenvalue weighted by Gasteiger charge is -1.96. The molecule has 0 aliphatic rings. The molecule has 2 rings (SSSR count). The van der Waals surface area contributed by atoms with Crippen molar-refractivity contribution in [3.05, 3.63) is 42.1 Å². The van der Waals surface area contributed by atoms with Crippen molar-refractivity contribution in [1.29, 1.82) is 0 Å². The zero-order valence-electron chi connectivity index (χ0n) is 9.43. The smallest absolute Gasteiger partial charge is 0.317 e. The van der Waals surface area contributed by atoms with Gasteiger partial charge in [0.1, 0.15) is 6.42 Å². The molecule has 0 spiro atoms. The molecule has 1 aromatic heterocycles. The molecule has 0 aliphatic carbocycles. The zero-order valence-corrected chi connectivity index (χ0v) is 9.43. The van der Waals surface area contributed by atoms with Crippen LogP contribution < -0.4 is 0 Å². The van der Waals surface area contributed by atoms with Crippen LogP contribution in [0.3, 0.4) is 0 Å². The summed E-state index contributed by atoms with van der Waals surface area (Å²) in [5, 5.41) is 1.04. The molecule has 1 aromatic carbocycles. The first-order valence-corrected chi connectivity index (χ1v) is 5.20. The molecule has 3 nitrogen and oxygen atoms in total. The van der Waals surface area contributed by atoms with Crippen molar-refractivity contribution in [2.45, 2.75) is 6.42 Å². The SMILES string of the molecule is COC(=O)CC#Cc1cnc2ccccc2c1. The van der Waals surface area contributed by atoms with Crippen LogP contribution in [0.2, 0.25) is 0 Å². The molecular formula is C14H11NO2. The van der Waals surface area contributed by atoms with Gasteiger partial charge in [-0.3, -0.25) is 9.78 Å². The van der Waals surface area contributed by atoms with Crippen LogP contribution in [0.4, 0.5) is 0 Å². The second kappa shape index (κ2) is 5.13. The number of esters is 1. The quantitative estimate of drug-likeness (QED) is 0.551. The van der Waals surface area contributed by atoms with Gasteiger partial charge in [0.2, 0.25) is 0 Å². The van der Waals surface area contributed by atoms with Crippen LogP contribution in [-0.4, -0.2) is 18.1 Å². The summed E-state index contributed by atoms with van der Waals surface area (Å²) in [6, 6.07) is 9.77. The number of carbonyl (C=O) groups is 1. The predicted molar refractivity (Wildman–Crippen MR) is 65.3 cm³/mol. The van der Waals surface area contributed by atoms with Gasteiger partial charge in [0.05, 0.1) is 12.6 Å². The standard InChI is InChI=1S/C14H11NO2/c1-17-14(16)8-4-5-11-9-12-6-2-3-7-13(12)15-10-11/h2-3,6-7,9-10H,8H2,1H3. The molecule has 0 saturated heterocycles. The van der Waals surface area contributed by atoms with E-state index in [2.05, 4.69) is 21.6 Å². The first-order valence-electron chi connectivity index (χ1n) is 5.20. The Morgan fingerprint density at radius 3 is 3.06 bits per heavy atom. The van der Waals surface area contributed by atoms with Gasteiger partial charge in [-0.2, -0.15) is 0 Å². The maximum atomic E-state index is 10.9. The van der Waals surface area contributed by atoms with E-state index in [0.29, 0.717) is 0 Å². The molecule has 0 amide bonds. The lowest BCUT2D eigenvalue weighted by atomic mass is 10.1. The maximum absolute atomic E-state index is 10.9. The molecule has 0 N–H and O–H groups in total. The number of ether oxygens (including phenoxy) is 1. The Bertz CT molecular complexity index is 608. The van der Waals surface area contributed by atoms with Crippen molar-refractivity contribution >= 4 is 16.9 Å². The molecule has 1 heterocycles. The Labute approximate surface area is 99.4 Å². The normalized spacial score (nSPS) is 9.47. The highest BCUT2D eigenvalue weighted by Crippen LogP contribution is 2.11. The summed E-state index contributed by atoms with van der Waals surface area (Å²) in [6.45, 7) is 0. The fourth-order valence-corrected chi connectivity index (χ4v) is 1.43. The highest BCUT2D eigenvalue weighted by Gasteiger charge is 1.96. The molecule has 0 aliphatic heterocycles. The summed E-state index contributed by atoms with van der Waals surface area (Å²) in [5.41, 5.74) is 1.73. The number of para-hydroxylation sites is 1. The van der Waals surface area contributed by atoms with Gasteiger partial charge >= 0.3 is 5.97 Å². The van der Waals surface area contributed by atoms with Crippen LogP contribution in [0.5, 0.6) is 0 Å². The average Bonchev–Trinajstić information content (AvgIpc) is 2.38. The maximum Gasteiger partial charge on any atom is 0.317 e. The Hall–Kier alpha value is -2.34. The number of rotatable bonds is 1. The molecule has 0 unspecified atom stereocenters. The topological polar surface area (TPSA) is 39.2 Å². The molecule has 0 atom stereocenters. The molecule has 3 heteroatoms. The molecule has 0 bridgehead atoms. The van der Waals surface area contributed by atoms with Gasteiger partial charge in [-0.05, 0) is 12.1 Å². The highest BCUT2D eigenvalue weighted by molar-refractivity contribution is 5.79. The second-order valence-corrected chi connectivity index (χ2v) is 3.47. The third-order valence-corrected chi connectivity index (χ3v) is 2.28. The Balaban J connectivity index is 2.22. The van der Waals surface area contributed by atoms with Crippen molar-refractivity contribution in [3.63, 3.8) is 0 Å². The van der Waals surface area contributed by atoms with Crippen LogP contribution in [0.25, 0.3) is 10.9 Å². The minimum atomic E-state index is -0.328. The summed E-state index contributed by atoms with van der Waals surface area (Å²) >= 11 is 0. The fraction of sp³-hybridized carbons (Fsp3) is 0.143. The third-order valence-electron chi connectivity index (χ3n) is 2.28. The number of aromatic nitrogens is 1. The summed E-state index contributed by atoms with van der Waals surface area (Å²) in [4.78, 5) is 15.2. The minimum absolute atomic E-state index is 0.101. The van der Waals surface area contributed by atoms with Crippen molar-refractivity contribution in [3.8, 4) is 11.8 Å². The number of hydrogen-bond donors (Lipinski definition) is 0. The van der Waals surface area contributed by atoms with Crippen LogP contribution in [0, 0.1) is 11.8 Å². The number of nitrogens with zero attached hydrogens (tertiary/aromatic N) is 1. The van der Waals surface area contributed by atoms with Crippen molar-refractivity contribution < 1.29 is 9.53 Å². The van der Waals surface area contributed by atoms with Crippen molar-refractivity contribution in [2.24, 2.45) is 0 Å². The number of hydrogen-bond acceptors (Lipinski definition) is 3. The number of fused-ring (bicyclic) bond motifs is 1. The van der Waals surface area contributed by atoms with E-state index in [1.54, 1.807) is 6.20 Å². The molecule has 0 saturated carbocycles. The number of benzene rings is 1. The molecule has 0 fully saturated rings. The van der Waals surface area contributed by atoms with Crippen molar-refractivity contribution in [2.75, 3.05) is 7.11 Å². The van der Waals surface area contributed by atoms with Gasteiger partial charge in [0.25, 0.3) is 0 Å². The molecule has 17 heavy (non-hydrogen) atoms. The van der Waals surface area contributed by atoms with E-state index >= 15 is 0 Å². The van der Waals surface area contributed by atoms with E-state index in [9.17, 15) is 4.79 Å². The van der Waals surface area contributed by atoms with Gasteiger partial charge in [-0.15, -0.1) is 0 Å². The van der Waals surface area contributed by atoms with Gasteiger partial charge in [-0.1, -0.05) is 30.0 Å². The molecule has 0 radical (unpaired) electrons. The highest BCUT2D eigenvalue weighted by atomic mass is 16.5. The Kier molecular flexibility index (Phi) is 3.37. The van der Waals surface area contributed by atoms with Crippen molar-refractivity contribution in [1.82, 2.24) is 4.98 Å². The van der Waals surface area contributed by atoms with E-state index in [4.69, 9.17) is 0 Å². The van der Waals surface area contributed by atoms with Gasteiger partial charge in [0.15, 0.2) is 0 Å². The summed E-state index contributed by atoms with van der Waals surface area (Å²) in [7, 11) is 1.35. The minimum Gasteiger partial charge on any atom is -0.468 e. The summed E-state index contributed by atoms with van der Waals surface area (Å²) in [5.74, 6) is 5.31. The zero-order chi connectivity index (χ0) is 12.1. The molecule has 84 valence electrons. The van der Waals surface area contributed by atoms with Gasteiger partial charge in [0, 0.05) is 17.1 Å². The lowest BCUT2D eigenvalue weighted by molar-refractivity contribution is -0.139. The van der Waals surface area contributed by atoms with Crippen LogP contribution >= 0.6 is 0 Å². The van der Waals surface area contributed by atoms with Crippen LogP contribution in [-0.2, 0) is 9.53 Å². The van der Waals surface area contributed by atoms with E-state index in [-0.39, 0.29) is 12.4 Å². The predicted octanol–water partition coefficient (Wildman–Crippen LogP) is 2.15. The van der Waals surface area contributed by atoms with Gasteiger partial charge < -0.3 is 4.74 Å². The largest absolute Gasteiger partial charge is 0.468 e. The van der Waals surface area contributed by atoms with E-state index in [1.165, 1.54) is 7.11 Å². The number of carbonyl (C=O) groups excluding carboxylic acids is 1. The molecular weight excluding hydrogens is 214 g/mol. The van der Waals surface area contributed by atoms with E-state index in [1.807, 2.05) is 30.3 Å². The van der Waals surface area contributed by atoms with E-state index in [0.717, 1.165) is 16.5 Å². The second-order valence-electron chi connectivity index (χ2n) is 3.47.